The van der Waals surface area contributed by atoms with Crippen LogP contribution in [0.5, 0.6) is 0 Å². The maximum atomic E-state index is 5.93. The van der Waals surface area contributed by atoms with E-state index < -0.39 is 0 Å². The standard InChI is InChI=1S/C29H44N2/c1-3-5-7-9-17-29(18-10-8-6-4-2)27-21-23(15-19-30)11-13-25(27)26-14-12-24(16-20-31)22-28(26)29/h11-14,21-22H,3-10,15-20,30-31H2,1-2H3. The average molecular weight is 421 g/mol. The zero-order chi connectivity index (χ0) is 22.1. The minimum absolute atomic E-state index is 0.154. The normalized spacial score (nSPS) is 13.9. The predicted octanol–water partition coefficient (Wildman–Crippen LogP) is 6.90. The Bertz CT molecular complexity index is 754. The van der Waals surface area contributed by atoms with Gasteiger partial charge in [0.15, 0.2) is 0 Å². The van der Waals surface area contributed by atoms with E-state index in [9.17, 15) is 0 Å². The Morgan fingerprint density at radius 3 is 1.45 bits per heavy atom. The van der Waals surface area contributed by atoms with Crippen molar-refractivity contribution in [3.8, 4) is 11.1 Å². The van der Waals surface area contributed by atoms with Crippen LogP contribution in [0.4, 0.5) is 0 Å². The Hall–Kier alpha value is -1.64. The molecule has 2 nitrogen and oxygen atoms in total. The van der Waals surface area contributed by atoms with Crippen LogP contribution in [0, 0.1) is 0 Å². The third-order valence-corrected chi connectivity index (χ3v) is 7.27. The minimum atomic E-state index is 0.154. The highest BCUT2D eigenvalue weighted by molar-refractivity contribution is 5.81. The van der Waals surface area contributed by atoms with Gasteiger partial charge in [-0.3, -0.25) is 0 Å². The molecule has 1 aliphatic rings. The van der Waals surface area contributed by atoms with Gasteiger partial charge in [-0.1, -0.05) is 102 Å². The van der Waals surface area contributed by atoms with E-state index in [1.807, 2.05) is 0 Å². The number of hydrogen-bond donors (Lipinski definition) is 2. The fraction of sp³-hybridized carbons (Fsp3) is 0.586. The Labute approximate surface area is 190 Å². The Morgan fingerprint density at radius 1 is 0.613 bits per heavy atom. The molecule has 170 valence electrons. The largest absolute Gasteiger partial charge is 0.330 e. The number of unbranched alkanes of at least 4 members (excludes halogenated alkanes) is 6. The highest BCUT2D eigenvalue weighted by Gasteiger charge is 2.42. The van der Waals surface area contributed by atoms with Crippen molar-refractivity contribution < 1.29 is 0 Å². The van der Waals surface area contributed by atoms with E-state index in [-0.39, 0.29) is 5.41 Å². The summed E-state index contributed by atoms with van der Waals surface area (Å²) >= 11 is 0. The van der Waals surface area contributed by atoms with Gasteiger partial charge in [0.2, 0.25) is 0 Å². The molecule has 0 bridgehead atoms. The number of benzene rings is 2. The van der Waals surface area contributed by atoms with Gasteiger partial charge in [0.05, 0.1) is 0 Å². The first kappa shape index (κ1) is 24.0. The quantitative estimate of drug-likeness (QED) is 0.327. The van der Waals surface area contributed by atoms with E-state index in [0.717, 1.165) is 12.8 Å². The van der Waals surface area contributed by atoms with Crippen LogP contribution < -0.4 is 11.5 Å². The summed E-state index contributed by atoms with van der Waals surface area (Å²) in [6, 6.07) is 14.4. The summed E-state index contributed by atoms with van der Waals surface area (Å²) in [6.07, 6.45) is 15.0. The van der Waals surface area contributed by atoms with Gasteiger partial charge in [-0.15, -0.1) is 0 Å². The SMILES string of the molecule is CCCCCCC1(CCCCCC)c2cc(CCN)ccc2-c2ccc(CCN)cc21. The average Bonchev–Trinajstić information content (AvgIpc) is 3.04. The molecule has 0 aromatic heterocycles. The molecule has 2 heteroatoms. The monoisotopic (exact) mass is 420 g/mol. The summed E-state index contributed by atoms with van der Waals surface area (Å²) in [4.78, 5) is 0. The topological polar surface area (TPSA) is 52.0 Å². The van der Waals surface area contributed by atoms with E-state index >= 15 is 0 Å². The molecule has 0 radical (unpaired) electrons. The van der Waals surface area contributed by atoms with E-state index in [1.54, 1.807) is 11.1 Å². The summed E-state index contributed by atoms with van der Waals surface area (Å²) in [7, 11) is 0. The first-order chi connectivity index (χ1) is 15.2. The van der Waals surface area contributed by atoms with Crippen LogP contribution in [0.15, 0.2) is 36.4 Å². The third-order valence-electron chi connectivity index (χ3n) is 7.27. The van der Waals surface area contributed by atoms with Crippen LogP contribution in [0.3, 0.4) is 0 Å². The van der Waals surface area contributed by atoms with Crippen molar-refractivity contribution in [1.82, 2.24) is 0 Å². The molecule has 2 aromatic carbocycles. The van der Waals surface area contributed by atoms with Gasteiger partial charge >= 0.3 is 0 Å². The molecule has 1 aliphatic carbocycles. The van der Waals surface area contributed by atoms with E-state index in [4.69, 9.17) is 11.5 Å². The Kier molecular flexibility index (Phi) is 9.16. The van der Waals surface area contributed by atoms with Gasteiger partial charge in [0.25, 0.3) is 0 Å². The fourth-order valence-corrected chi connectivity index (χ4v) is 5.60. The van der Waals surface area contributed by atoms with Gasteiger partial charge in [-0.25, -0.2) is 0 Å². The van der Waals surface area contributed by atoms with Gasteiger partial charge in [-0.05, 0) is 72.2 Å². The molecule has 0 saturated carbocycles. The van der Waals surface area contributed by atoms with Crippen molar-refractivity contribution in [3.63, 3.8) is 0 Å². The maximum Gasteiger partial charge on any atom is 0.0215 e. The highest BCUT2D eigenvalue weighted by atomic mass is 14.5. The smallest absolute Gasteiger partial charge is 0.0215 e. The lowest BCUT2D eigenvalue weighted by molar-refractivity contribution is 0.400. The molecule has 2 aromatic rings. The molecule has 0 atom stereocenters. The van der Waals surface area contributed by atoms with Crippen molar-refractivity contribution in [3.05, 3.63) is 58.7 Å². The first-order valence-electron chi connectivity index (χ1n) is 12.9. The van der Waals surface area contributed by atoms with Crippen LogP contribution in [-0.4, -0.2) is 13.1 Å². The van der Waals surface area contributed by atoms with Crippen molar-refractivity contribution in [2.45, 2.75) is 96.3 Å². The summed E-state index contributed by atoms with van der Waals surface area (Å²) in [5.74, 6) is 0. The van der Waals surface area contributed by atoms with Crippen LogP contribution in [0.25, 0.3) is 11.1 Å². The zero-order valence-electron chi connectivity index (χ0n) is 20.0. The number of hydrogen-bond acceptors (Lipinski definition) is 2. The van der Waals surface area contributed by atoms with E-state index in [0.29, 0.717) is 13.1 Å². The van der Waals surface area contributed by atoms with Crippen molar-refractivity contribution in [2.24, 2.45) is 11.5 Å². The summed E-state index contributed by atoms with van der Waals surface area (Å²) < 4.78 is 0. The molecule has 0 spiro atoms. The lowest BCUT2D eigenvalue weighted by Crippen LogP contribution is -2.26. The van der Waals surface area contributed by atoms with Crippen molar-refractivity contribution in [1.29, 1.82) is 0 Å². The molecule has 0 saturated heterocycles. The molecule has 0 amide bonds. The molecule has 0 heterocycles. The van der Waals surface area contributed by atoms with Gasteiger partial charge in [0.1, 0.15) is 0 Å². The highest BCUT2D eigenvalue weighted by Crippen LogP contribution is 2.54. The second kappa shape index (κ2) is 11.8. The predicted molar refractivity (Wildman–Crippen MR) is 136 cm³/mol. The van der Waals surface area contributed by atoms with Crippen LogP contribution >= 0.6 is 0 Å². The van der Waals surface area contributed by atoms with E-state index in [1.165, 1.54) is 86.5 Å². The summed E-state index contributed by atoms with van der Waals surface area (Å²) in [5.41, 5.74) is 20.9. The first-order valence-corrected chi connectivity index (χ1v) is 12.9. The maximum absolute atomic E-state index is 5.93. The Morgan fingerprint density at radius 2 is 1.06 bits per heavy atom. The molecule has 31 heavy (non-hydrogen) atoms. The fourth-order valence-electron chi connectivity index (χ4n) is 5.60. The van der Waals surface area contributed by atoms with Crippen molar-refractivity contribution in [2.75, 3.05) is 13.1 Å². The summed E-state index contributed by atoms with van der Waals surface area (Å²) in [6.45, 7) is 6.04. The number of nitrogens with two attached hydrogens (primary N) is 2. The number of fused-ring (bicyclic) bond motifs is 3. The zero-order valence-corrected chi connectivity index (χ0v) is 20.0. The van der Waals surface area contributed by atoms with Gasteiger partial charge < -0.3 is 11.5 Å². The van der Waals surface area contributed by atoms with Crippen LogP contribution in [0.2, 0.25) is 0 Å². The van der Waals surface area contributed by atoms with Crippen molar-refractivity contribution >= 4 is 0 Å². The third kappa shape index (κ3) is 5.41. The van der Waals surface area contributed by atoms with Crippen LogP contribution in [-0.2, 0) is 18.3 Å². The lowest BCUT2D eigenvalue weighted by atomic mass is 9.70. The lowest BCUT2D eigenvalue weighted by Gasteiger charge is -2.33. The summed E-state index contributed by atoms with van der Waals surface area (Å²) in [5, 5.41) is 0. The van der Waals surface area contributed by atoms with Gasteiger partial charge in [-0.2, -0.15) is 0 Å². The minimum Gasteiger partial charge on any atom is -0.330 e. The van der Waals surface area contributed by atoms with Crippen LogP contribution in [0.1, 0.15) is 100 Å². The molecule has 0 unspecified atom stereocenters. The molecule has 3 rings (SSSR count). The molecule has 0 fully saturated rings. The Balaban J connectivity index is 2.07. The molecular weight excluding hydrogens is 376 g/mol. The second-order valence-corrected chi connectivity index (χ2v) is 9.54. The van der Waals surface area contributed by atoms with E-state index in [2.05, 4.69) is 50.2 Å². The number of rotatable bonds is 14. The molecule has 0 aliphatic heterocycles. The molecule has 4 N–H and O–H groups in total. The van der Waals surface area contributed by atoms with Gasteiger partial charge in [0, 0.05) is 5.41 Å². The molecular formula is C29H44N2. The second-order valence-electron chi connectivity index (χ2n) is 9.54.